The minimum absolute atomic E-state index is 0.0112. The van der Waals surface area contributed by atoms with Gasteiger partial charge in [0.2, 0.25) is 0 Å². The fourth-order valence-electron chi connectivity index (χ4n) is 2.86. The van der Waals surface area contributed by atoms with Gasteiger partial charge in [-0.05, 0) is 58.4 Å². The lowest BCUT2D eigenvalue weighted by Crippen LogP contribution is -2.34. The third-order valence-corrected chi connectivity index (χ3v) is 4.15. The van der Waals surface area contributed by atoms with Crippen LogP contribution in [0.15, 0.2) is 0 Å². The maximum absolute atomic E-state index is 12.9. The molecular weight excluding hydrogens is 292 g/mol. The Morgan fingerprint density at radius 2 is 1.96 bits per heavy atom. The van der Waals surface area contributed by atoms with E-state index in [-0.39, 0.29) is 18.0 Å². The van der Waals surface area contributed by atoms with Crippen LogP contribution in [0.5, 0.6) is 0 Å². The molecule has 5 nitrogen and oxygen atoms in total. The summed E-state index contributed by atoms with van der Waals surface area (Å²) in [6, 6.07) is 0. The quantitative estimate of drug-likeness (QED) is 0.783. The molecule has 1 fully saturated rings. The number of carbonyl (C=O) groups excluding carboxylic acids is 2. The molecule has 0 bridgehead atoms. The minimum Gasteiger partial charge on any atom is -0.459 e. The van der Waals surface area contributed by atoms with Crippen LogP contribution in [-0.2, 0) is 4.74 Å². The molecule has 0 atom stereocenters. The molecule has 1 heterocycles. The molecule has 23 heavy (non-hydrogen) atoms. The third-order valence-electron chi connectivity index (χ3n) is 4.15. The number of H-pyrrole nitrogens is 1. The monoisotopic (exact) mass is 320 g/mol. The van der Waals surface area contributed by atoms with Crippen molar-refractivity contribution in [1.82, 2.24) is 9.88 Å². The van der Waals surface area contributed by atoms with E-state index >= 15 is 0 Å². The van der Waals surface area contributed by atoms with Crippen LogP contribution in [-0.4, -0.2) is 41.0 Å². The first kappa shape index (κ1) is 17.6. The van der Waals surface area contributed by atoms with E-state index in [0.717, 1.165) is 19.5 Å². The molecule has 0 spiro atoms. The van der Waals surface area contributed by atoms with E-state index in [1.807, 2.05) is 32.6 Å². The van der Waals surface area contributed by atoms with Gasteiger partial charge in [0.05, 0.1) is 11.7 Å². The first-order chi connectivity index (χ1) is 10.8. The van der Waals surface area contributed by atoms with Crippen LogP contribution in [0.1, 0.15) is 72.1 Å². The van der Waals surface area contributed by atoms with Gasteiger partial charge in [-0.2, -0.15) is 0 Å². The van der Waals surface area contributed by atoms with Crippen molar-refractivity contribution in [3.63, 3.8) is 0 Å². The minimum atomic E-state index is -0.366. The van der Waals surface area contributed by atoms with Crippen LogP contribution < -0.4 is 0 Å². The number of ether oxygens (including phenoxy) is 1. The normalized spacial score (nSPS) is 14.2. The van der Waals surface area contributed by atoms with Gasteiger partial charge in [-0.1, -0.05) is 6.92 Å². The molecule has 1 aliphatic carbocycles. The molecule has 0 saturated heterocycles. The summed E-state index contributed by atoms with van der Waals surface area (Å²) in [6.45, 7) is 10.9. The topological polar surface area (TPSA) is 62.4 Å². The number of carbonyl (C=O) groups is 2. The summed E-state index contributed by atoms with van der Waals surface area (Å²) in [5.41, 5.74) is 2.40. The summed E-state index contributed by atoms with van der Waals surface area (Å²) in [5, 5.41) is 0. The van der Waals surface area contributed by atoms with Crippen molar-refractivity contribution in [3.8, 4) is 0 Å². The van der Waals surface area contributed by atoms with Gasteiger partial charge in [-0.25, -0.2) is 4.79 Å². The van der Waals surface area contributed by atoms with E-state index in [2.05, 4.69) is 11.9 Å². The number of aromatic nitrogens is 1. The Morgan fingerprint density at radius 3 is 2.48 bits per heavy atom. The largest absolute Gasteiger partial charge is 0.459 e. The molecule has 0 aromatic carbocycles. The first-order valence-electron chi connectivity index (χ1n) is 8.54. The molecule has 5 heteroatoms. The van der Waals surface area contributed by atoms with Gasteiger partial charge in [0.15, 0.2) is 0 Å². The van der Waals surface area contributed by atoms with Crippen molar-refractivity contribution in [2.24, 2.45) is 5.92 Å². The van der Waals surface area contributed by atoms with E-state index in [1.165, 1.54) is 12.8 Å². The molecule has 128 valence electrons. The SMILES string of the molecule is CCCN(CC1CC1)C(=O)c1[nH]c(C)c(C(=O)OC(C)C)c1C. The summed E-state index contributed by atoms with van der Waals surface area (Å²) in [4.78, 5) is 30.1. The Bertz CT molecular complexity index is 585. The molecular formula is C18H28N2O3. The summed E-state index contributed by atoms with van der Waals surface area (Å²) >= 11 is 0. The number of amides is 1. The van der Waals surface area contributed by atoms with Crippen LogP contribution in [0.4, 0.5) is 0 Å². The maximum atomic E-state index is 12.9. The van der Waals surface area contributed by atoms with E-state index in [4.69, 9.17) is 4.74 Å². The second-order valence-corrected chi connectivity index (χ2v) is 6.77. The predicted octanol–water partition coefficient (Wildman–Crippen LogP) is 3.46. The van der Waals surface area contributed by atoms with E-state index in [1.54, 1.807) is 0 Å². The maximum Gasteiger partial charge on any atom is 0.340 e. The molecule has 1 aromatic heterocycles. The highest BCUT2D eigenvalue weighted by molar-refractivity contribution is 6.00. The zero-order valence-corrected chi connectivity index (χ0v) is 14.9. The van der Waals surface area contributed by atoms with Crippen LogP contribution in [0.25, 0.3) is 0 Å². The van der Waals surface area contributed by atoms with Crippen molar-refractivity contribution in [1.29, 1.82) is 0 Å². The lowest BCUT2D eigenvalue weighted by Gasteiger charge is -2.21. The molecule has 0 unspecified atom stereocenters. The highest BCUT2D eigenvalue weighted by Gasteiger charge is 2.30. The van der Waals surface area contributed by atoms with E-state index < -0.39 is 0 Å². The van der Waals surface area contributed by atoms with E-state index in [0.29, 0.717) is 28.4 Å². The molecule has 1 N–H and O–H groups in total. The number of esters is 1. The molecule has 2 rings (SSSR count). The van der Waals surface area contributed by atoms with Crippen molar-refractivity contribution in [3.05, 3.63) is 22.5 Å². The summed E-state index contributed by atoms with van der Waals surface area (Å²) in [5.74, 6) is 0.268. The number of aryl methyl sites for hydroxylation is 1. The highest BCUT2D eigenvalue weighted by atomic mass is 16.5. The van der Waals surface area contributed by atoms with Crippen LogP contribution in [0.2, 0.25) is 0 Å². The molecule has 0 aliphatic heterocycles. The molecule has 1 saturated carbocycles. The van der Waals surface area contributed by atoms with Crippen LogP contribution in [0.3, 0.4) is 0 Å². The zero-order valence-electron chi connectivity index (χ0n) is 14.9. The second kappa shape index (κ2) is 7.20. The lowest BCUT2D eigenvalue weighted by atomic mass is 10.1. The van der Waals surface area contributed by atoms with Crippen LogP contribution >= 0.6 is 0 Å². The van der Waals surface area contributed by atoms with Gasteiger partial charge in [0.1, 0.15) is 5.69 Å². The summed E-state index contributed by atoms with van der Waals surface area (Å²) in [6.07, 6.45) is 3.17. The van der Waals surface area contributed by atoms with Crippen molar-refractivity contribution in [2.45, 2.75) is 60.0 Å². The van der Waals surface area contributed by atoms with E-state index in [9.17, 15) is 9.59 Å². The van der Waals surface area contributed by atoms with Crippen molar-refractivity contribution < 1.29 is 14.3 Å². The van der Waals surface area contributed by atoms with Gasteiger partial charge in [0, 0.05) is 18.8 Å². The average molecular weight is 320 g/mol. The van der Waals surface area contributed by atoms with Gasteiger partial charge < -0.3 is 14.6 Å². The fraction of sp³-hybridized carbons (Fsp3) is 0.667. The smallest absolute Gasteiger partial charge is 0.340 e. The number of hydrogen-bond acceptors (Lipinski definition) is 3. The Balaban J connectivity index is 2.24. The van der Waals surface area contributed by atoms with Gasteiger partial charge in [-0.15, -0.1) is 0 Å². The standard InChI is InChI=1S/C18H28N2O3/c1-6-9-20(10-14-7-8-14)17(21)16-12(4)15(13(5)19-16)18(22)23-11(2)3/h11,14,19H,6-10H2,1-5H3. The third kappa shape index (κ3) is 4.15. The Hall–Kier alpha value is -1.78. The summed E-state index contributed by atoms with van der Waals surface area (Å²) in [7, 11) is 0. The fourth-order valence-corrected chi connectivity index (χ4v) is 2.86. The number of rotatable bonds is 7. The second-order valence-electron chi connectivity index (χ2n) is 6.77. The van der Waals surface area contributed by atoms with Gasteiger partial charge >= 0.3 is 5.97 Å². The van der Waals surface area contributed by atoms with Crippen LogP contribution in [0, 0.1) is 19.8 Å². The van der Waals surface area contributed by atoms with Crippen molar-refractivity contribution >= 4 is 11.9 Å². The highest BCUT2D eigenvalue weighted by Crippen LogP contribution is 2.30. The first-order valence-corrected chi connectivity index (χ1v) is 8.54. The summed E-state index contributed by atoms with van der Waals surface area (Å²) < 4.78 is 5.29. The molecule has 0 radical (unpaired) electrons. The van der Waals surface area contributed by atoms with Gasteiger partial charge in [0.25, 0.3) is 5.91 Å². The van der Waals surface area contributed by atoms with Crippen molar-refractivity contribution in [2.75, 3.05) is 13.1 Å². The Morgan fingerprint density at radius 1 is 1.30 bits per heavy atom. The zero-order chi connectivity index (χ0) is 17.1. The molecule has 1 aliphatic rings. The number of nitrogens with zero attached hydrogens (tertiary/aromatic N) is 1. The Kier molecular flexibility index (Phi) is 5.50. The van der Waals surface area contributed by atoms with Gasteiger partial charge in [-0.3, -0.25) is 4.79 Å². The molecule has 1 amide bonds. The predicted molar refractivity (Wildman–Crippen MR) is 89.7 cm³/mol. The Labute approximate surface area is 138 Å². The lowest BCUT2D eigenvalue weighted by molar-refractivity contribution is 0.0376. The molecule has 1 aromatic rings. The average Bonchev–Trinajstić information content (AvgIpc) is 3.21. The number of hydrogen-bond donors (Lipinski definition) is 1. The number of aromatic amines is 1. The number of nitrogens with one attached hydrogen (secondary N) is 1.